The summed E-state index contributed by atoms with van der Waals surface area (Å²) in [6, 6.07) is 9.92. The predicted octanol–water partition coefficient (Wildman–Crippen LogP) is 3.43. The standard InChI is InChI=1S/C15H29NOSi2/c1-18(2,3)15(19(4,5)6)16-12-14(17)13-10-8-7-9-11-13/h7-11,14-17H,12H2,1-6H3. The molecule has 108 valence electrons. The first-order chi connectivity index (χ1) is 8.62. The zero-order valence-corrected chi connectivity index (χ0v) is 15.2. The molecular weight excluding hydrogens is 266 g/mol. The van der Waals surface area contributed by atoms with Crippen LogP contribution >= 0.6 is 0 Å². The summed E-state index contributed by atoms with van der Waals surface area (Å²) in [6.45, 7) is 15.1. The van der Waals surface area contributed by atoms with E-state index in [0.29, 0.717) is 11.8 Å². The van der Waals surface area contributed by atoms with Gasteiger partial charge in [-0.2, -0.15) is 0 Å². The molecule has 19 heavy (non-hydrogen) atoms. The van der Waals surface area contributed by atoms with Crippen molar-refractivity contribution < 1.29 is 5.11 Å². The second-order valence-corrected chi connectivity index (χ2v) is 18.7. The molecule has 0 saturated heterocycles. The van der Waals surface area contributed by atoms with E-state index >= 15 is 0 Å². The molecule has 0 aliphatic carbocycles. The first kappa shape index (κ1) is 16.6. The smallest absolute Gasteiger partial charge is 0.0914 e. The molecule has 1 aromatic rings. The molecule has 0 aliphatic rings. The second kappa shape index (κ2) is 6.35. The summed E-state index contributed by atoms with van der Waals surface area (Å²) in [7, 11) is -2.50. The second-order valence-electron chi connectivity index (χ2n) is 7.50. The molecule has 0 heterocycles. The molecule has 1 unspecified atom stereocenters. The van der Waals surface area contributed by atoms with Gasteiger partial charge in [0, 0.05) is 6.54 Å². The van der Waals surface area contributed by atoms with Gasteiger partial charge in [0.05, 0.1) is 22.3 Å². The topological polar surface area (TPSA) is 32.3 Å². The third-order valence-corrected chi connectivity index (χ3v) is 12.5. The highest BCUT2D eigenvalue weighted by molar-refractivity contribution is 6.96. The predicted molar refractivity (Wildman–Crippen MR) is 89.9 cm³/mol. The summed E-state index contributed by atoms with van der Waals surface area (Å²) in [5.74, 6) is 0. The van der Waals surface area contributed by atoms with Crippen LogP contribution in [0.5, 0.6) is 0 Å². The Morgan fingerprint density at radius 1 is 0.947 bits per heavy atom. The maximum Gasteiger partial charge on any atom is 0.0914 e. The van der Waals surface area contributed by atoms with Crippen LogP contribution in [0.1, 0.15) is 11.7 Å². The lowest BCUT2D eigenvalue weighted by molar-refractivity contribution is 0.175. The Balaban J connectivity index is 2.68. The van der Waals surface area contributed by atoms with Crippen molar-refractivity contribution in [2.45, 2.75) is 50.7 Å². The third kappa shape index (κ3) is 5.22. The lowest BCUT2D eigenvalue weighted by atomic mass is 10.1. The Morgan fingerprint density at radius 3 is 1.84 bits per heavy atom. The van der Waals surface area contributed by atoms with E-state index in [0.717, 1.165) is 5.56 Å². The molecule has 0 saturated carbocycles. The molecule has 1 atom stereocenters. The van der Waals surface area contributed by atoms with E-state index in [9.17, 15) is 5.11 Å². The average molecular weight is 296 g/mol. The third-order valence-electron chi connectivity index (χ3n) is 3.43. The maximum atomic E-state index is 10.3. The van der Waals surface area contributed by atoms with E-state index in [1.54, 1.807) is 0 Å². The van der Waals surface area contributed by atoms with E-state index in [1.165, 1.54) is 0 Å². The fourth-order valence-corrected chi connectivity index (χ4v) is 14.8. The van der Waals surface area contributed by atoms with Crippen LogP contribution in [-0.4, -0.2) is 33.1 Å². The van der Waals surface area contributed by atoms with Gasteiger partial charge in [-0.15, -0.1) is 0 Å². The van der Waals surface area contributed by atoms with Crippen molar-refractivity contribution in [3.8, 4) is 0 Å². The van der Waals surface area contributed by atoms with Crippen molar-refractivity contribution in [1.82, 2.24) is 5.32 Å². The molecule has 4 heteroatoms. The quantitative estimate of drug-likeness (QED) is 0.788. The van der Waals surface area contributed by atoms with E-state index < -0.39 is 22.3 Å². The lowest BCUT2D eigenvalue weighted by Gasteiger charge is -2.39. The van der Waals surface area contributed by atoms with Crippen molar-refractivity contribution >= 4 is 16.1 Å². The van der Waals surface area contributed by atoms with Gasteiger partial charge in [-0.3, -0.25) is 0 Å². The summed E-state index contributed by atoms with van der Waals surface area (Å²) in [5.41, 5.74) is 1.000. The van der Waals surface area contributed by atoms with Gasteiger partial charge in [0.25, 0.3) is 0 Å². The van der Waals surface area contributed by atoms with E-state index in [2.05, 4.69) is 44.6 Å². The highest BCUT2D eigenvalue weighted by atomic mass is 28.4. The van der Waals surface area contributed by atoms with Crippen LogP contribution in [0.3, 0.4) is 0 Å². The Hall–Kier alpha value is -0.426. The molecule has 0 aliphatic heterocycles. The first-order valence-corrected chi connectivity index (χ1v) is 14.2. The van der Waals surface area contributed by atoms with Crippen LogP contribution in [0, 0.1) is 0 Å². The number of benzene rings is 1. The van der Waals surface area contributed by atoms with Gasteiger partial charge in [0.1, 0.15) is 0 Å². The zero-order valence-electron chi connectivity index (χ0n) is 13.2. The van der Waals surface area contributed by atoms with Gasteiger partial charge in [0.15, 0.2) is 0 Å². The van der Waals surface area contributed by atoms with Crippen LogP contribution in [0.2, 0.25) is 39.3 Å². The van der Waals surface area contributed by atoms with Gasteiger partial charge in [-0.05, 0) is 10.9 Å². The Morgan fingerprint density at radius 2 is 1.42 bits per heavy atom. The van der Waals surface area contributed by atoms with Gasteiger partial charge in [-0.1, -0.05) is 69.6 Å². The molecule has 1 rings (SSSR count). The Kier molecular flexibility index (Phi) is 5.56. The van der Waals surface area contributed by atoms with Gasteiger partial charge in [0.2, 0.25) is 0 Å². The number of hydrogen-bond acceptors (Lipinski definition) is 2. The fraction of sp³-hybridized carbons (Fsp3) is 0.600. The van der Waals surface area contributed by atoms with Gasteiger partial charge < -0.3 is 10.4 Å². The molecule has 0 amide bonds. The fourth-order valence-electron chi connectivity index (χ4n) is 2.93. The molecular formula is C15H29NOSi2. The Bertz CT molecular complexity index is 367. The van der Waals surface area contributed by atoms with Crippen LogP contribution in [0.25, 0.3) is 0 Å². The summed E-state index contributed by atoms with van der Waals surface area (Å²) in [5, 5.41) is 14.6. The summed E-state index contributed by atoms with van der Waals surface area (Å²) in [6.07, 6.45) is -0.406. The van der Waals surface area contributed by atoms with Crippen molar-refractivity contribution in [3.63, 3.8) is 0 Å². The van der Waals surface area contributed by atoms with Gasteiger partial charge in [-0.25, -0.2) is 0 Å². The van der Waals surface area contributed by atoms with Crippen LogP contribution in [0.15, 0.2) is 30.3 Å². The minimum absolute atomic E-state index is 0.406. The molecule has 0 radical (unpaired) electrons. The molecule has 2 N–H and O–H groups in total. The minimum Gasteiger partial charge on any atom is -0.387 e. The van der Waals surface area contributed by atoms with E-state index in [1.807, 2.05) is 30.3 Å². The highest BCUT2D eigenvalue weighted by Gasteiger charge is 2.37. The molecule has 0 aromatic heterocycles. The summed E-state index contributed by atoms with van der Waals surface area (Å²) in [4.78, 5) is 0. The molecule has 1 aromatic carbocycles. The van der Waals surface area contributed by atoms with Gasteiger partial charge >= 0.3 is 0 Å². The van der Waals surface area contributed by atoms with Crippen molar-refractivity contribution in [1.29, 1.82) is 0 Å². The van der Waals surface area contributed by atoms with Crippen molar-refractivity contribution in [2.75, 3.05) is 6.54 Å². The highest BCUT2D eigenvalue weighted by Crippen LogP contribution is 2.20. The first-order valence-electron chi connectivity index (χ1n) is 7.09. The number of aliphatic hydroxyl groups is 1. The number of aliphatic hydroxyl groups excluding tert-OH is 1. The van der Waals surface area contributed by atoms with Crippen LogP contribution < -0.4 is 5.32 Å². The monoisotopic (exact) mass is 295 g/mol. The van der Waals surface area contributed by atoms with Crippen LogP contribution in [-0.2, 0) is 0 Å². The average Bonchev–Trinajstić information content (AvgIpc) is 2.26. The summed E-state index contributed by atoms with van der Waals surface area (Å²) < 4.78 is 0. The number of hydrogen-bond donors (Lipinski definition) is 2. The number of rotatable bonds is 6. The van der Waals surface area contributed by atoms with Crippen LogP contribution in [0.4, 0.5) is 0 Å². The molecule has 0 fully saturated rings. The SMILES string of the molecule is C[Si](C)(C)C(NCC(O)c1ccccc1)[Si](C)(C)C. The minimum atomic E-state index is -1.25. The van der Waals surface area contributed by atoms with E-state index in [-0.39, 0.29) is 0 Å². The lowest BCUT2D eigenvalue weighted by Crippen LogP contribution is -2.62. The molecule has 0 spiro atoms. The van der Waals surface area contributed by atoms with Crippen molar-refractivity contribution in [3.05, 3.63) is 35.9 Å². The molecule has 2 nitrogen and oxygen atoms in total. The summed E-state index contributed by atoms with van der Waals surface area (Å²) >= 11 is 0. The molecule has 0 bridgehead atoms. The van der Waals surface area contributed by atoms with E-state index in [4.69, 9.17) is 0 Å². The number of nitrogens with one attached hydrogen (secondary N) is 1. The zero-order chi connectivity index (χ0) is 14.7. The van der Waals surface area contributed by atoms with Crippen molar-refractivity contribution in [2.24, 2.45) is 0 Å². The Labute approximate surface area is 120 Å². The normalized spacial score (nSPS) is 14.7. The maximum absolute atomic E-state index is 10.3. The largest absolute Gasteiger partial charge is 0.387 e.